The number of rotatable bonds is 5. The second kappa shape index (κ2) is 9.60. The van der Waals surface area contributed by atoms with Crippen LogP contribution in [0.2, 0.25) is 0 Å². The molecule has 0 atom stereocenters. The average Bonchev–Trinajstić information content (AvgIpc) is 2.78. The molecule has 0 aliphatic heterocycles. The molecule has 0 spiro atoms. The van der Waals surface area contributed by atoms with Gasteiger partial charge in [0.25, 0.3) is 5.56 Å². The summed E-state index contributed by atoms with van der Waals surface area (Å²) in [4.78, 5) is 22.4. The van der Waals surface area contributed by atoms with Gasteiger partial charge in [0.2, 0.25) is 0 Å². The van der Waals surface area contributed by atoms with Crippen LogP contribution in [0.3, 0.4) is 0 Å². The maximum absolute atomic E-state index is 12.9. The molecule has 31 heavy (non-hydrogen) atoms. The highest BCUT2D eigenvalue weighted by atomic mass is 32.1. The molecule has 6 heteroatoms. The van der Waals surface area contributed by atoms with Crippen molar-refractivity contribution in [2.75, 3.05) is 0 Å². The highest BCUT2D eigenvalue weighted by molar-refractivity contribution is 7.80. The number of fused-ring (bicyclic) bond motifs is 1. The fourth-order valence-corrected chi connectivity index (χ4v) is 4.61. The molecule has 4 rings (SSSR count). The van der Waals surface area contributed by atoms with Crippen LogP contribution < -0.4 is 10.9 Å². The van der Waals surface area contributed by atoms with E-state index in [2.05, 4.69) is 39.2 Å². The Bertz CT molecular complexity index is 1120. The Hall–Kier alpha value is -2.73. The minimum absolute atomic E-state index is 0.0575. The van der Waals surface area contributed by atoms with E-state index >= 15 is 0 Å². The molecule has 3 aromatic rings. The number of thiocarbonyl (C=S) groups is 1. The number of aromatic amines is 1. The molecular formula is C25H30N4OS. The second-order valence-corrected chi connectivity index (χ2v) is 8.98. The Labute approximate surface area is 188 Å². The van der Waals surface area contributed by atoms with E-state index in [0.717, 1.165) is 34.9 Å². The number of hydrogen-bond donors (Lipinski definition) is 2. The third-order valence-electron chi connectivity index (χ3n) is 6.31. The Morgan fingerprint density at radius 3 is 2.74 bits per heavy atom. The first-order valence-corrected chi connectivity index (χ1v) is 11.5. The number of H-pyrrole nitrogens is 1. The molecule has 0 bridgehead atoms. The van der Waals surface area contributed by atoms with Crippen LogP contribution in [-0.4, -0.2) is 26.0 Å². The minimum atomic E-state index is -0.0575. The molecule has 2 N–H and O–H groups in total. The minimum Gasteiger partial charge on any atom is -0.360 e. The van der Waals surface area contributed by atoms with Crippen molar-refractivity contribution in [1.29, 1.82) is 0 Å². The van der Waals surface area contributed by atoms with E-state index < -0.39 is 0 Å². The van der Waals surface area contributed by atoms with Gasteiger partial charge in [-0.05, 0) is 73.1 Å². The van der Waals surface area contributed by atoms with Gasteiger partial charge in [0.15, 0.2) is 5.11 Å². The molecule has 1 saturated carbocycles. The van der Waals surface area contributed by atoms with Crippen LogP contribution in [0, 0.1) is 13.8 Å². The highest BCUT2D eigenvalue weighted by Gasteiger charge is 2.19. The molecule has 5 nitrogen and oxygen atoms in total. The number of aryl methyl sites for hydroxylation is 2. The standard InChI is InChI=1S/C25H30N4OS/c1-17-10-11-20-13-21(24(30)28-23(20)18(17)2)16-29(15-19-7-6-12-26-14-19)25(31)27-22-8-4-3-5-9-22/h6-7,10-14,22H,3-5,8-9,15-16H2,1-2H3,(H,27,31)(H,28,30). The molecule has 0 radical (unpaired) electrons. The van der Waals surface area contributed by atoms with E-state index in [1.165, 1.54) is 24.8 Å². The third-order valence-corrected chi connectivity index (χ3v) is 6.68. The van der Waals surface area contributed by atoms with E-state index in [-0.39, 0.29) is 5.56 Å². The van der Waals surface area contributed by atoms with Gasteiger partial charge in [0.1, 0.15) is 0 Å². The average molecular weight is 435 g/mol. The zero-order chi connectivity index (χ0) is 21.8. The molecular weight excluding hydrogens is 404 g/mol. The molecule has 0 amide bonds. The number of aromatic nitrogens is 2. The maximum Gasteiger partial charge on any atom is 0.253 e. The summed E-state index contributed by atoms with van der Waals surface area (Å²) in [7, 11) is 0. The van der Waals surface area contributed by atoms with Gasteiger partial charge >= 0.3 is 0 Å². The first-order valence-electron chi connectivity index (χ1n) is 11.1. The number of nitrogens with zero attached hydrogens (tertiary/aromatic N) is 2. The monoisotopic (exact) mass is 434 g/mol. The van der Waals surface area contributed by atoms with Gasteiger partial charge in [-0.25, -0.2) is 0 Å². The number of benzene rings is 1. The van der Waals surface area contributed by atoms with Crippen LogP contribution >= 0.6 is 12.2 Å². The van der Waals surface area contributed by atoms with Crippen molar-refractivity contribution >= 4 is 28.2 Å². The van der Waals surface area contributed by atoms with Crippen molar-refractivity contribution in [1.82, 2.24) is 20.2 Å². The van der Waals surface area contributed by atoms with E-state index in [0.29, 0.717) is 29.8 Å². The van der Waals surface area contributed by atoms with Crippen LogP contribution in [0.1, 0.15) is 54.4 Å². The van der Waals surface area contributed by atoms with E-state index in [1.54, 1.807) is 6.20 Å². The fraction of sp³-hybridized carbons (Fsp3) is 0.400. The summed E-state index contributed by atoms with van der Waals surface area (Å²) in [5.74, 6) is 0. The number of hydrogen-bond acceptors (Lipinski definition) is 3. The molecule has 2 aromatic heterocycles. The predicted molar refractivity (Wildman–Crippen MR) is 130 cm³/mol. The van der Waals surface area contributed by atoms with Crippen LogP contribution in [0.5, 0.6) is 0 Å². The summed E-state index contributed by atoms with van der Waals surface area (Å²) < 4.78 is 0. The fourth-order valence-electron chi connectivity index (χ4n) is 4.32. The van der Waals surface area contributed by atoms with E-state index in [4.69, 9.17) is 12.2 Å². The summed E-state index contributed by atoms with van der Waals surface area (Å²) in [6.07, 6.45) is 9.71. The van der Waals surface area contributed by atoms with Gasteiger partial charge in [-0.1, -0.05) is 37.5 Å². The van der Waals surface area contributed by atoms with Gasteiger partial charge < -0.3 is 15.2 Å². The largest absolute Gasteiger partial charge is 0.360 e. The van der Waals surface area contributed by atoms with Gasteiger partial charge in [0, 0.05) is 30.5 Å². The van der Waals surface area contributed by atoms with Crippen molar-refractivity contribution in [2.45, 2.75) is 65.1 Å². The topological polar surface area (TPSA) is 61.0 Å². The van der Waals surface area contributed by atoms with Crippen molar-refractivity contribution in [3.63, 3.8) is 0 Å². The SMILES string of the molecule is Cc1ccc2cc(CN(Cc3cccnc3)C(=S)NC3CCCCC3)c(=O)[nH]c2c1C. The molecule has 1 aliphatic carbocycles. The van der Waals surface area contributed by atoms with Crippen molar-refractivity contribution in [3.05, 3.63) is 75.3 Å². The smallest absolute Gasteiger partial charge is 0.253 e. The number of pyridine rings is 2. The second-order valence-electron chi connectivity index (χ2n) is 8.60. The summed E-state index contributed by atoms with van der Waals surface area (Å²) in [6, 6.07) is 10.6. The van der Waals surface area contributed by atoms with Crippen molar-refractivity contribution in [3.8, 4) is 0 Å². The summed E-state index contributed by atoms with van der Waals surface area (Å²) in [6.45, 7) is 5.17. The van der Waals surface area contributed by atoms with Gasteiger partial charge in [-0.3, -0.25) is 9.78 Å². The Morgan fingerprint density at radius 1 is 1.19 bits per heavy atom. The molecule has 1 fully saturated rings. The molecule has 0 unspecified atom stereocenters. The number of nitrogens with one attached hydrogen (secondary N) is 2. The van der Waals surface area contributed by atoms with Crippen LogP contribution in [-0.2, 0) is 13.1 Å². The Kier molecular flexibility index (Phi) is 6.66. The predicted octanol–water partition coefficient (Wildman–Crippen LogP) is 4.75. The Morgan fingerprint density at radius 2 is 2.00 bits per heavy atom. The first-order chi connectivity index (χ1) is 15.0. The van der Waals surface area contributed by atoms with Gasteiger partial charge in [0.05, 0.1) is 12.1 Å². The van der Waals surface area contributed by atoms with Crippen molar-refractivity contribution in [2.24, 2.45) is 0 Å². The third kappa shape index (κ3) is 5.13. The molecule has 1 aliphatic rings. The van der Waals surface area contributed by atoms with Crippen LogP contribution in [0.4, 0.5) is 0 Å². The van der Waals surface area contributed by atoms with Crippen molar-refractivity contribution < 1.29 is 0 Å². The normalized spacial score (nSPS) is 14.5. The quantitative estimate of drug-likeness (QED) is 0.568. The Balaban J connectivity index is 1.61. The molecule has 1 aromatic carbocycles. The van der Waals surface area contributed by atoms with Crippen LogP contribution in [0.15, 0.2) is 47.5 Å². The van der Waals surface area contributed by atoms with Crippen LogP contribution in [0.25, 0.3) is 10.9 Å². The summed E-state index contributed by atoms with van der Waals surface area (Å²) in [5, 5.41) is 5.31. The highest BCUT2D eigenvalue weighted by Crippen LogP contribution is 2.21. The molecule has 2 heterocycles. The lowest BCUT2D eigenvalue weighted by Gasteiger charge is -2.31. The zero-order valence-corrected chi connectivity index (χ0v) is 19.1. The maximum atomic E-state index is 12.9. The molecule has 162 valence electrons. The summed E-state index contributed by atoms with van der Waals surface area (Å²) in [5.41, 5.74) is 4.93. The lowest BCUT2D eigenvalue weighted by molar-refractivity contribution is 0.362. The zero-order valence-electron chi connectivity index (χ0n) is 18.3. The van der Waals surface area contributed by atoms with E-state index in [9.17, 15) is 4.79 Å². The summed E-state index contributed by atoms with van der Waals surface area (Å²) >= 11 is 5.81. The lowest BCUT2D eigenvalue weighted by atomic mass is 9.96. The molecule has 0 saturated heterocycles. The van der Waals surface area contributed by atoms with Gasteiger partial charge in [-0.15, -0.1) is 0 Å². The first kappa shape index (κ1) is 21.5. The van der Waals surface area contributed by atoms with Gasteiger partial charge in [-0.2, -0.15) is 0 Å². The van der Waals surface area contributed by atoms with E-state index in [1.807, 2.05) is 31.3 Å². The lowest BCUT2D eigenvalue weighted by Crippen LogP contribution is -2.45.